The van der Waals surface area contributed by atoms with Crippen LogP contribution in [0.1, 0.15) is 105 Å². The summed E-state index contributed by atoms with van der Waals surface area (Å²) < 4.78 is 0. The van der Waals surface area contributed by atoms with E-state index in [0.717, 1.165) is 22.3 Å². The molecule has 0 spiro atoms. The van der Waals surface area contributed by atoms with E-state index < -0.39 is 0 Å². The van der Waals surface area contributed by atoms with Crippen LogP contribution >= 0.6 is 0 Å². The maximum atomic E-state index is 12.3. The molecule has 0 saturated carbocycles. The molecule has 0 heterocycles. The van der Waals surface area contributed by atoms with Gasteiger partial charge in [0.1, 0.15) is 0 Å². The van der Waals surface area contributed by atoms with Gasteiger partial charge in [-0.25, -0.2) is 0 Å². The summed E-state index contributed by atoms with van der Waals surface area (Å²) in [6.45, 7) is 25.0. The topological polar surface area (TPSA) is 46.1 Å². The maximum Gasteiger partial charge on any atom is 2.00 e. The molecule has 2 aromatic carbocycles. The Labute approximate surface area is 221 Å². The molecule has 0 atom stereocenters. The Hall–Kier alpha value is -0.700. The largest absolute Gasteiger partial charge is 2.00 e. The van der Waals surface area contributed by atoms with Gasteiger partial charge < -0.3 is 10.2 Å². The fourth-order valence-electron chi connectivity index (χ4n) is 3.44. The van der Waals surface area contributed by atoms with Gasteiger partial charge in [0.2, 0.25) is 0 Å². The third kappa shape index (κ3) is 8.30. The molecule has 2 rings (SSSR count). The van der Waals surface area contributed by atoms with Gasteiger partial charge in [-0.05, 0) is 21.7 Å². The predicted octanol–water partition coefficient (Wildman–Crippen LogP) is 6.33. The molecule has 0 saturated heterocycles. The normalized spacial score (nSPS) is 12.5. The zero-order valence-corrected chi connectivity index (χ0v) is 24.2. The Balaban J connectivity index is 0.000000562. The van der Waals surface area contributed by atoms with Gasteiger partial charge in [0.25, 0.3) is 0 Å². The van der Waals surface area contributed by atoms with Crippen LogP contribution in [0.4, 0.5) is 0 Å². The van der Waals surface area contributed by atoms with Gasteiger partial charge in [0.15, 0.2) is 0 Å². The molecule has 0 fully saturated rings. The molecule has 0 aliphatic rings. The van der Waals surface area contributed by atoms with E-state index in [-0.39, 0.29) is 70.9 Å². The minimum Gasteiger partial charge on any atom is -0.872 e. The number of hydrogen-bond donors (Lipinski definition) is 0. The van der Waals surface area contributed by atoms with Crippen molar-refractivity contribution in [1.29, 1.82) is 0 Å². The first-order valence-electron chi connectivity index (χ1n) is 10.9. The van der Waals surface area contributed by atoms with Crippen LogP contribution in [0.5, 0.6) is 11.5 Å². The van der Waals surface area contributed by atoms with E-state index in [4.69, 9.17) is 0 Å². The molecule has 0 radical (unpaired) electrons. The zero-order chi connectivity index (χ0) is 23.7. The standard InChI is InChI=1S/2C14H22O.Ca/c2*1-13(2,3)10-8-7-9-11(12(10)15)14(4,5)6;/h2*7-9,15H,1-6H3;/q;;+2/p-2. The third-order valence-corrected chi connectivity index (χ3v) is 5.26. The van der Waals surface area contributed by atoms with Crippen LogP contribution in [0.15, 0.2) is 36.4 Å². The SMILES string of the molecule is CC(C)(C)c1cccc(C(C)(C)C)c1[O-].CC(C)(C)c1cccc(C(C)(C)C)c1[O-].[Ca+2]. The molecule has 31 heavy (non-hydrogen) atoms. The van der Waals surface area contributed by atoms with Crippen molar-refractivity contribution in [2.45, 2.75) is 105 Å². The number of para-hydroxylation sites is 2. The van der Waals surface area contributed by atoms with E-state index in [2.05, 4.69) is 83.1 Å². The Bertz CT molecular complexity index is 717. The molecular weight excluding hydrogens is 408 g/mol. The van der Waals surface area contributed by atoms with Gasteiger partial charge >= 0.3 is 37.7 Å². The summed E-state index contributed by atoms with van der Waals surface area (Å²) in [6.07, 6.45) is 0. The van der Waals surface area contributed by atoms with Crippen LogP contribution in [-0.4, -0.2) is 37.7 Å². The Morgan fingerprint density at radius 3 is 0.710 bits per heavy atom. The molecule has 0 aliphatic carbocycles. The molecular formula is C28H42CaO2. The maximum absolute atomic E-state index is 12.3. The van der Waals surface area contributed by atoms with Crippen molar-refractivity contribution in [1.82, 2.24) is 0 Å². The van der Waals surface area contributed by atoms with Gasteiger partial charge in [0, 0.05) is 0 Å². The molecule has 0 aliphatic heterocycles. The summed E-state index contributed by atoms with van der Waals surface area (Å²) in [5, 5.41) is 24.5. The average Bonchev–Trinajstić information content (AvgIpc) is 2.51. The van der Waals surface area contributed by atoms with Crippen molar-refractivity contribution in [2.75, 3.05) is 0 Å². The van der Waals surface area contributed by atoms with E-state index >= 15 is 0 Å². The summed E-state index contributed by atoms with van der Waals surface area (Å²) >= 11 is 0. The summed E-state index contributed by atoms with van der Waals surface area (Å²) in [4.78, 5) is 0. The fourth-order valence-corrected chi connectivity index (χ4v) is 3.44. The van der Waals surface area contributed by atoms with Crippen molar-refractivity contribution >= 4 is 37.7 Å². The second-order valence-corrected chi connectivity index (χ2v) is 12.4. The van der Waals surface area contributed by atoms with E-state index in [1.165, 1.54) is 0 Å². The molecule has 0 N–H and O–H groups in total. The van der Waals surface area contributed by atoms with Crippen LogP contribution in [0.25, 0.3) is 0 Å². The molecule has 0 aromatic heterocycles. The van der Waals surface area contributed by atoms with Crippen molar-refractivity contribution < 1.29 is 10.2 Å². The van der Waals surface area contributed by atoms with Crippen LogP contribution in [0.3, 0.4) is 0 Å². The molecule has 0 unspecified atom stereocenters. The van der Waals surface area contributed by atoms with E-state index in [1.54, 1.807) is 0 Å². The number of rotatable bonds is 0. The summed E-state index contributed by atoms with van der Waals surface area (Å²) in [5.74, 6) is 0.412. The first-order valence-corrected chi connectivity index (χ1v) is 10.9. The molecule has 2 nitrogen and oxygen atoms in total. The predicted molar refractivity (Wildman–Crippen MR) is 132 cm³/mol. The third-order valence-electron chi connectivity index (χ3n) is 5.26. The monoisotopic (exact) mass is 450 g/mol. The van der Waals surface area contributed by atoms with Gasteiger partial charge in [0.05, 0.1) is 0 Å². The smallest absolute Gasteiger partial charge is 0.872 e. The van der Waals surface area contributed by atoms with Crippen LogP contribution < -0.4 is 10.2 Å². The fraction of sp³-hybridized carbons (Fsp3) is 0.571. The van der Waals surface area contributed by atoms with Crippen molar-refractivity contribution in [2.24, 2.45) is 0 Å². The minimum atomic E-state index is -0.0711. The van der Waals surface area contributed by atoms with Gasteiger partial charge in [-0.1, -0.05) is 142 Å². The van der Waals surface area contributed by atoms with Crippen molar-refractivity contribution in [3.8, 4) is 11.5 Å². The van der Waals surface area contributed by atoms with Crippen LogP contribution in [0.2, 0.25) is 0 Å². The zero-order valence-electron chi connectivity index (χ0n) is 22.0. The molecule has 0 bridgehead atoms. The van der Waals surface area contributed by atoms with Gasteiger partial charge in [-0.15, -0.1) is 11.5 Å². The van der Waals surface area contributed by atoms with Crippen LogP contribution in [0, 0.1) is 0 Å². The summed E-state index contributed by atoms with van der Waals surface area (Å²) in [6, 6.07) is 11.7. The van der Waals surface area contributed by atoms with Crippen molar-refractivity contribution in [3.63, 3.8) is 0 Å². The summed E-state index contributed by atoms with van der Waals surface area (Å²) in [5.41, 5.74) is 3.36. The second-order valence-electron chi connectivity index (χ2n) is 12.4. The summed E-state index contributed by atoms with van der Waals surface area (Å²) in [7, 11) is 0. The molecule has 3 heteroatoms. The molecule has 0 amide bonds. The van der Waals surface area contributed by atoms with E-state index in [1.807, 2.05) is 36.4 Å². The van der Waals surface area contributed by atoms with Gasteiger partial charge in [-0.2, -0.15) is 0 Å². The van der Waals surface area contributed by atoms with Crippen LogP contribution in [-0.2, 0) is 21.7 Å². The first kappa shape index (κ1) is 30.3. The molecule has 168 valence electrons. The first-order chi connectivity index (χ1) is 13.3. The Morgan fingerprint density at radius 1 is 0.419 bits per heavy atom. The molecule has 2 aromatic rings. The minimum absolute atomic E-state index is 0. The Morgan fingerprint density at radius 2 is 0.581 bits per heavy atom. The Kier molecular flexibility index (Phi) is 10.3. The number of hydrogen-bond acceptors (Lipinski definition) is 2. The number of benzene rings is 2. The second kappa shape index (κ2) is 10.5. The average molecular weight is 451 g/mol. The van der Waals surface area contributed by atoms with Crippen molar-refractivity contribution in [3.05, 3.63) is 58.7 Å². The van der Waals surface area contributed by atoms with E-state index in [9.17, 15) is 10.2 Å². The van der Waals surface area contributed by atoms with E-state index in [0.29, 0.717) is 0 Å². The quantitative estimate of drug-likeness (QED) is 0.440. The van der Waals surface area contributed by atoms with Gasteiger partial charge in [-0.3, -0.25) is 0 Å².